The molecule has 2 aliphatic rings. The number of carbonyl (C=O) groups excluding carboxylic acids is 3. The van der Waals surface area contributed by atoms with Crippen LogP contribution in [0.2, 0.25) is 0 Å². The lowest BCUT2D eigenvalue weighted by Crippen LogP contribution is -2.49. The summed E-state index contributed by atoms with van der Waals surface area (Å²) in [5.41, 5.74) is 1.57. The molecule has 1 unspecified atom stereocenters. The van der Waals surface area contributed by atoms with Crippen LogP contribution in [0.15, 0.2) is 24.3 Å². The number of ether oxygens (including phenoxy) is 2. The highest BCUT2D eigenvalue weighted by molar-refractivity contribution is 6.02. The maximum absolute atomic E-state index is 12.9. The second-order valence-electron chi connectivity index (χ2n) is 7.83. The first-order valence-electron chi connectivity index (χ1n) is 10.1. The summed E-state index contributed by atoms with van der Waals surface area (Å²) in [6.07, 6.45) is 3.85. The van der Waals surface area contributed by atoms with Crippen molar-refractivity contribution >= 4 is 17.8 Å². The van der Waals surface area contributed by atoms with Crippen molar-refractivity contribution in [3.05, 3.63) is 35.4 Å². The number of likely N-dealkylation sites (tertiary alicyclic amines) is 1. The van der Waals surface area contributed by atoms with Crippen LogP contribution in [-0.4, -0.2) is 49.6 Å². The number of hydrogen-bond donors (Lipinski definition) is 0. The standard InChI is InChI=1S/C22H29NO5/c1-3-4-13-28-21(26)23-11-9-22(10-12-23)15-16(14-19(24)27-2)20(25)17-7-5-6-8-18(17)22/h5-8,16H,3-4,9-15H2,1-2H3. The molecule has 1 saturated heterocycles. The molecular weight excluding hydrogens is 358 g/mol. The Bertz CT molecular complexity index is 736. The summed E-state index contributed by atoms with van der Waals surface area (Å²) in [6, 6.07) is 7.70. The zero-order valence-electron chi connectivity index (χ0n) is 16.7. The highest BCUT2D eigenvalue weighted by Crippen LogP contribution is 2.47. The Morgan fingerprint density at radius 3 is 2.61 bits per heavy atom. The molecule has 0 saturated carbocycles. The number of methoxy groups -OCH3 is 1. The van der Waals surface area contributed by atoms with Gasteiger partial charge in [0.05, 0.1) is 20.1 Å². The van der Waals surface area contributed by atoms with Gasteiger partial charge in [-0.2, -0.15) is 0 Å². The minimum Gasteiger partial charge on any atom is -0.469 e. The quantitative estimate of drug-likeness (QED) is 0.569. The molecule has 1 heterocycles. The minimum absolute atomic E-state index is 0.0213. The molecule has 28 heavy (non-hydrogen) atoms. The fraction of sp³-hybridized carbons (Fsp3) is 0.591. The van der Waals surface area contributed by atoms with Crippen molar-refractivity contribution < 1.29 is 23.9 Å². The van der Waals surface area contributed by atoms with Crippen molar-refractivity contribution in [2.75, 3.05) is 26.8 Å². The third-order valence-electron chi connectivity index (χ3n) is 6.11. The summed E-state index contributed by atoms with van der Waals surface area (Å²) in [5, 5.41) is 0. The lowest BCUT2D eigenvalue weighted by Gasteiger charge is -2.46. The molecule has 1 aromatic carbocycles. The van der Waals surface area contributed by atoms with E-state index in [-0.39, 0.29) is 35.6 Å². The molecule has 1 amide bonds. The molecule has 152 valence electrons. The van der Waals surface area contributed by atoms with Gasteiger partial charge in [-0.05, 0) is 31.2 Å². The van der Waals surface area contributed by atoms with Gasteiger partial charge < -0.3 is 14.4 Å². The zero-order valence-corrected chi connectivity index (χ0v) is 16.7. The molecule has 1 aromatic rings. The predicted molar refractivity (Wildman–Crippen MR) is 104 cm³/mol. The molecule has 6 heteroatoms. The van der Waals surface area contributed by atoms with Gasteiger partial charge in [-0.25, -0.2) is 4.79 Å². The Labute approximate surface area is 166 Å². The number of nitrogens with zero attached hydrogens (tertiary/aromatic N) is 1. The van der Waals surface area contributed by atoms with Gasteiger partial charge in [-0.3, -0.25) is 9.59 Å². The van der Waals surface area contributed by atoms with Crippen LogP contribution >= 0.6 is 0 Å². The topological polar surface area (TPSA) is 72.9 Å². The van der Waals surface area contributed by atoms with Crippen molar-refractivity contribution in [3.8, 4) is 0 Å². The lowest BCUT2D eigenvalue weighted by atomic mass is 9.61. The minimum atomic E-state index is -0.370. The van der Waals surface area contributed by atoms with Crippen LogP contribution in [-0.2, 0) is 19.7 Å². The number of esters is 1. The zero-order chi connectivity index (χ0) is 20.1. The van der Waals surface area contributed by atoms with Crippen molar-refractivity contribution in [1.82, 2.24) is 4.90 Å². The van der Waals surface area contributed by atoms with E-state index in [2.05, 4.69) is 6.92 Å². The van der Waals surface area contributed by atoms with E-state index in [0.717, 1.165) is 31.2 Å². The third kappa shape index (κ3) is 4.05. The molecule has 1 aliphatic carbocycles. The summed E-state index contributed by atoms with van der Waals surface area (Å²) < 4.78 is 10.1. The summed E-state index contributed by atoms with van der Waals surface area (Å²) in [5.74, 6) is -0.705. The van der Waals surface area contributed by atoms with Gasteiger partial charge in [0, 0.05) is 30.0 Å². The summed E-state index contributed by atoms with van der Waals surface area (Å²) in [4.78, 5) is 38.8. The molecule has 1 atom stereocenters. The Morgan fingerprint density at radius 1 is 1.21 bits per heavy atom. The molecule has 1 aliphatic heterocycles. The van der Waals surface area contributed by atoms with Gasteiger partial charge in [0.2, 0.25) is 0 Å². The van der Waals surface area contributed by atoms with Gasteiger partial charge in [0.1, 0.15) is 0 Å². The van der Waals surface area contributed by atoms with Crippen LogP contribution in [0.25, 0.3) is 0 Å². The van der Waals surface area contributed by atoms with E-state index in [1.54, 1.807) is 4.90 Å². The normalized spacial score (nSPS) is 20.6. The average Bonchev–Trinajstić information content (AvgIpc) is 2.72. The number of piperidine rings is 1. The number of rotatable bonds is 5. The highest BCUT2D eigenvalue weighted by atomic mass is 16.6. The van der Waals surface area contributed by atoms with E-state index in [0.29, 0.717) is 31.7 Å². The molecule has 0 aromatic heterocycles. The number of ketones is 1. The molecule has 0 radical (unpaired) electrons. The van der Waals surface area contributed by atoms with E-state index >= 15 is 0 Å². The number of amides is 1. The number of unbranched alkanes of at least 4 members (excludes halogenated alkanes) is 1. The molecule has 1 spiro atoms. The van der Waals surface area contributed by atoms with E-state index in [9.17, 15) is 14.4 Å². The number of benzene rings is 1. The van der Waals surface area contributed by atoms with Crippen molar-refractivity contribution in [2.24, 2.45) is 5.92 Å². The summed E-state index contributed by atoms with van der Waals surface area (Å²) in [6.45, 7) is 3.71. The van der Waals surface area contributed by atoms with Gasteiger partial charge in [-0.15, -0.1) is 0 Å². The van der Waals surface area contributed by atoms with Crippen LogP contribution in [0.5, 0.6) is 0 Å². The maximum atomic E-state index is 12.9. The van der Waals surface area contributed by atoms with E-state index in [4.69, 9.17) is 9.47 Å². The number of carbonyl (C=O) groups is 3. The van der Waals surface area contributed by atoms with Gasteiger partial charge in [0.25, 0.3) is 0 Å². The number of hydrogen-bond acceptors (Lipinski definition) is 5. The molecule has 0 N–H and O–H groups in total. The van der Waals surface area contributed by atoms with Crippen molar-refractivity contribution in [1.29, 1.82) is 0 Å². The third-order valence-corrected chi connectivity index (χ3v) is 6.11. The highest BCUT2D eigenvalue weighted by Gasteiger charge is 2.46. The SMILES string of the molecule is CCCCOC(=O)N1CCC2(CC1)CC(CC(=O)OC)C(=O)c1ccccc12. The second-order valence-corrected chi connectivity index (χ2v) is 7.83. The van der Waals surface area contributed by atoms with Crippen LogP contribution < -0.4 is 0 Å². The maximum Gasteiger partial charge on any atom is 0.409 e. The first kappa shape index (κ1) is 20.4. The monoisotopic (exact) mass is 387 g/mol. The van der Waals surface area contributed by atoms with E-state index in [1.165, 1.54) is 7.11 Å². The first-order chi connectivity index (χ1) is 13.5. The Balaban J connectivity index is 1.77. The first-order valence-corrected chi connectivity index (χ1v) is 10.1. The fourth-order valence-electron chi connectivity index (χ4n) is 4.49. The summed E-state index contributed by atoms with van der Waals surface area (Å²) in [7, 11) is 1.35. The fourth-order valence-corrected chi connectivity index (χ4v) is 4.49. The van der Waals surface area contributed by atoms with Crippen LogP contribution in [0.1, 0.15) is 61.4 Å². The van der Waals surface area contributed by atoms with Crippen LogP contribution in [0.4, 0.5) is 4.79 Å². The van der Waals surface area contributed by atoms with Crippen molar-refractivity contribution in [3.63, 3.8) is 0 Å². The Kier molecular flexibility index (Phi) is 6.37. The van der Waals surface area contributed by atoms with E-state index < -0.39 is 0 Å². The molecule has 6 nitrogen and oxygen atoms in total. The average molecular weight is 387 g/mol. The van der Waals surface area contributed by atoms with Gasteiger partial charge in [0.15, 0.2) is 5.78 Å². The molecule has 3 rings (SSSR count). The summed E-state index contributed by atoms with van der Waals surface area (Å²) >= 11 is 0. The van der Waals surface area contributed by atoms with E-state index in [1.807, 2.05) is 24.3 Å². The Morgan fingerprint density at radius 2 is 1.93 bits per heavy atom. The van der Waals surface area contributed by atoms with Crippen molar-refractivity contribution in [2.45, 2.75) is 50.9 Å². The van der Waals surface area contributed by atoms with Gasteiger partial charge >= 0.3 is 12.1 Å². The van der Waals surface area contributed by atoms with Crippen LogP contribution in [0, 0.1) is 5.92 Å². The Hall–Kier alpha value is -2.37. The lowest BCUT2D eigenvalue weighted by molar-refractivity contribution is -0.141. The molecule has 1 fully saturated rings. The smallest absolute Gasteiger partial charge is 0.409 e. The van der Waals surface area contributed by atoms with Gasteiger partial charge in [-0.1, -0.05) is 37.6 Å². The largest absolute Gasteiger partial charge is 0.469 e. The molecule has 0 bridgehead atoms. The number of Topliss-reactive ketones (excluding diaryl/α,β-unsaturated/α-hetero) is 1. The predicted octanol–water partition coefficient (Wildman–Crippen LogP) is 3.72. The number of fused-ring (bicyclic) bond motifs is 2. The second kappa shape index (κ2) is 8.76. The molecular formula is C22H29NO5. The van der Waals surface area contributed by atoms with Crippen LogP contribution in [0.3, 0.4) is 0 Å².